The van der Waals surface area contributed by atoms with E-state index >= 15 is 0 Å². The van der Waals surface area contributed by atoms with Gasteiger partial charge in [0.15, 0.2) is 0 Å². The fraction of sp³-hybridized carbons (Fsp3) is 0.875. The normalized spacial score (nSPS) is 14.4. The average molecular weight is 209 g/mol. The number of halogens is 2. The number of amides is 1. The minimum atomic E-state index is -3.47. The van der Waals surface area contributed by atoms with Crippen LogP contribution >= 0.6 is 0 Å². The van der Waals surface area contributed by atoms with Crippen molar-refractivity contribution in [1.82, 2.24) is 10.2 Å². The van der Waals surface area contributed by atoms with Gasteiger partial charge in [-0.05, 0) is 21.0 Å². The molecule has 0 bridgehead atoms. The molecule has 0 fully saturated rings. The molecule has 0 aromatic rings. The highest BCUT2D eigenvalue weighted by Crippen LogP contribution is 2.10. The molecule has 0 saturated carbocycles. The summed E-state index contributed by atoms with van der Waals surface area (Å²) in [6.45, 7) is 1.56. The Labute approximate surface area is 82.4 Å². The van der Waals surface area contributed by atoms with E-state index in [0.717, 1.165) is 0 Å². The second-order valence-corrected chi connectivity index (χ2v) is 3.51. The van der Waals surface area contributed by atoms with Crippen LogP contribution in [0.4, 0.5) is 8.78 Å². The van der Waals surface area contributed by atoms with Crippen molar-refractivity contribution >= 4 is 5.91 Å². The molecule has 0 rings (SSSR count). The molecule has 0 aromatic carbocycles. The predicted octanol–water partition coefficient (Wildman–Crippen LogP) is -0.353. The molecule has 3 N–H and O–H groups in total. The van der Waals surface area contributed by atoms with E-state index in [2.05, 4.69) is 11.1 Å². The van der Waals surface area contributed by atoms with Gasteiger partial charge in [-0.15, -0.1) is 0 Å². The zero-order valence-corrected chi connectivity index (χ0v) is 8.68. The van der Waals surface area contributed by atoms with Gasteiger partial charge < -0.3 is 16.0 Å². The number of hydrogen-bond donors (Lipinski definition) is 2. The number of alkyl halides is 2. The standard InChI is InChI=1S/C8H17F2N3O/c1-6(13(2)3)4-12-5-8(9,10)7(11)14/h6,12H,4-5H2,1-3H3,(H2,11,14). The number of likely N-dealkylation sites (N-methyl/N-ethyl adjacent to an activating group) is 1. The molecule has 0 aliphatic heterocycles. The molecule has 0 aliphatic rings. The first-order valence-electron chi connectivity index (χ1n) is 4.32. The summed E-state index contributed by atoms with van der Waals surface area (Å²) in [4.78, 5) is 12.1. The first kappa shape index (κ1) is 13.2. The SMILES string of the molecule is CC(CNCC(F)(F)C(N)=O)N(C)C. The topological polar surface area (TPSA) is 58.4 Å². The quantitative estimate of drug-likeness (QED) is 0.628. The molecular weight excluding hydrogens is 192 g/mol. The Kier molecular flexibility index (Phi) is 4.93. The molecule has 0 saturated heterocycles. The molecule has 0 heterocycles. The van der Waals surface area contributed by atoms with Crippen molar-refractivity contribution < 1.29 is 13.6 Å². The number of carbonyl (C=O) groups excluding carboxylic acids is 1. The highest BCUT2D eigenvalue weighted by atomic mass is 19.3. The second kappa shape index (κ2) is 5.21. The zero-order chi connectivity index (χ0) is 11.4. The molecule has 1 unspecified atom stereocenters. The van der Waals surface area contributed by atoms with Crippen LogP contribution in [-0.4, -0.2) is 50.0 Å². The molecule has 1 amide bonds. The summed E-state index contributed by atoms with van der Waals surface area (Å²) in [5, 5.41) is 2.50. The van der Waals surface area contributed by atoms with Gasteiger partial charge in [0.1, 0.15) is 0 Å². The number of nitrogens with zero attached hydrogens (tertiary/aromatic N) is 1. The number of primary amides is 1. The number of rotatable bonds is 6. The van der Waals surface area contributed by atoms with E-state index in [1.165, 1.54) is 0 Å². The summed E-state index contributed by atoms with van der Waals surface area (Å²) >= 11 is 0. The lowest BCUT2D eigenvalue weighted by molar-refractivity contribution is -0.141. The van der Waals surface area contributed by atoms with Crippen molar-refractivity contribution in [3.8, 4) is 0 Å². The van der Waals surface area contributed by atoms with E-state index in [0.29, 0.717) is 6.54 Å². The Bertz CT molecular complexity index is 197. The van der Waals surface area contributed by atoms with Crippen molar-refractivity contribution in [3.63, 3.8) is 0 Å². The third-order valence-electron chi connectivity index (χ3n) is 2.03. The number of nitrogens with two attached hydrogens (primary N) is 1. The van der Waals surface area contributed by atoms with Crippen LogP contribution in [0.25, 0.3) is 0 Å². The fourth-order valence-electron chi connectivity index (χ4n) is 0.708. The van der Waals surface area contributed by atoms with E-state index in [-0.39, 0.29) is 6.04 Å². The van der Waals surface area contributed by atoms with Crippen LogP contribution in [0.15, 0.2) is 0 Å². The number of nitrogens with one attached hydrogen (secondary N) is 1. The highest BCUT2D eigenvalue weighted by molar-refractivity contribution is 5.81. The average Bonchev–Trinajstić information content (AvgIpc) is 2.03. The largest absolute Gasteiger partial charge is 0.364 e. The zero-order valence-electron chi connectivity index (χ0n) is 8.68. The summed E-state index contributed by atoms with van der Waals surface area (Å²) in [6, 6.07) is 0.124. The maximum atomic E-state index is 12.6. The van der Waals surface area contributed by atoms with Crippen molar-refractivity contribution in [3.05, 3.63) is 0 Å². The van der Waals surface area contributed by atoms with E-state index < -0.39 is 18.4 Å². The van der Waals surface area contributed by atoms with Crippen LogP contribution in [0.3, 0.4) is 0 Å². The number of carbonyl (C=O) groups is 1. The van der Waals surface area contributed by atoms with E-state index in [1.54, 1.807) is 0 Å². The van der Waals surface area contributed by atoms with Gasteiger partial charge in [0.25, 0.3) is 5.91 Å². The fourth-order valence-corrected chi connectivity index (χ4v) is 0.708. The molecule has 0 aliphatic carbocycles. The third-order valence-corrected chi connectivity index (χ3v) is 2.03. The van der Waals surface area contributed by atoms with Gasteiger partial charge in [0.2, 0.25) is 0 Å². The third kappa shape index (κ3) is 4.48. The molecule has 84 valence electrons. The minimum absolute atomic E-state index is 0.124. The van der Waals surface area contributed by atoms with Crippen LogP contribution in [-0.2, 0) is 4.79 Å². The Morgan fingerprint density at radius 2 is 2.07 bits per heavy atom. The Morgan fingerprint density at radius 3 is 2.43 bits per heavy atom. The second-order valence-electron chi connectivity index (χ2n) is 3.51. The van der Waals surface area contributed by atoms with Crippen LogP contribution in [0.5, 0.6) is 0 Å². The molecule has 0 radical (unpaired) electrons. The van der Waals surface area contributed by atoms with Crippen molar-refractivity contribution in [2.24, 2.45) is 5.73 Å². The highest BCUT2D eigenvalue weighted by Gasteiger charge is 2.35. The lowest BCUT2D eigenvalue weighted by atomic mass is 10.3. The van der Waals surface area contributed by atoms with Crippen molar-refractivity contribution in [1.29, 1.82) is 0 Å². The molecule has 0 spiro atoms. The van der Waals surface area contributed by atoms with E-state index in [1.807, 2.05) is 25.9 Å². The van der Waals surface area contributed by atoms with Crippen LogP contribution < -0.4 is 11.1 Å². The van der Waals surface area contributed by atoms with Gasteiger partial charge in [-0.2, -0.15) is 8.78 Å². The van der Waals surface area contributed by atoms with Gasteiger partial charge in [-0.3, -0.25) is 4.79 Å². The molecule has 1 atom stereocenters. The summed E-state index contributed by atoms with van der Waals surface area (Å²) in [7, 11) is 3.69. The maximum Gasteiger partial charge on any atom is 0.336 e. The van der Waals surface area contributed by atoms with Crippen LogP contribution in [0.2, 0.25) is 0 Å². The van der Waals surface area contributed by atoms with Gasteiger partial charge >= 0.3 is 5.92 Å². The van der Waals surface area contributed by atoms with Gasteiger partial charge in [0, 0.05) is 12.6 Å². The van der Waals surface area contributed by atoms with E-state index in [4.69, 9.17) is 0 Å². The summed E-state index contributed by atoms with van der Waals surface area (Å²) in [5.74, 6) is -5.06. The van der Waals surface area contributed by atoms with Gasteiger partial charge in [0.05, 0.1) is 6.54 Å². The first-order valence-corrected chi connectivity index (χ1v) is 4.32. The molecule has 4 nitrogen and oxygen atoms in total. The molecule has 14 heavy (non-hydrogen) atoms. The number of hydrogen-bond acceptors (Lipinski definition) is 3. The Balaban J connectivity index is 3.79. The van der Waals surface area contributed by atoms with Crippen molar-refractivity contribution in [2.75, 3.05) is 27.2 Å². The lowest BCUT2D eigenvalue weighted by Gasteiger charge is -2.21. The van der Waals surface area contributed by atoms with Gasteiger partial charge in [-0.1, -0.05) is 0 Å². The Morgan fingerprint density at radius 1 is 1.57 bits per heavy atom. The van der Waals surface area contributed by atoms with Crippen LogP contribution in [0, 0.1) is 0 Å². The first-order chi connectivity index (χ1) is 6.27. The molecular formula is C8H17F2N3O. The summed E-state index contributed by atoms with van der Waals surface area (Å²) in [6.07, 6.45) is 0. The summed E-state index contributed by atoms with van der Waals surface area (Å²) in [5.41, 5.74) is 4.51. The Hall–Kier alpha value is -0.750. The smallest absolute Gasteiger partial charge is 0.336 e. The maximum absolute atomic E-state index is 12.6. The summed E-state index contributed by atoms with van der Waals surface area (Å²) < 4.78 is 25.3. The van der Waals surface area contributed by atoms with E-state index in [9.17, 15) is 13.6 Å². The molecule has 0 aromatic heterocycles. The lowest BCUT2D eigenvalue weighted by Crippen LogP contribution is -2.46. The van der Waals surface area contributed by atoms with Crippen molar-refractivity contribution in [2.45, 2.75) is 18.9 Å². The monoisotopic (exact) mass is 209 g/mol. The minimum Gasteiger partial charge on any atom is -0.364 e. The molecule has 6 heteroatoms. The predicted molar refractivity (Wildman–Crippen MR) is 50.2 cm³/mol. The van der Waals surface area contributed by atoms with Gasteiger partial charge in [-0.25, -0.2) is 0 Å². The van der Waals surface area contributed by atoms with Crippen LogP contribution in [0.1, 0.15) is 6.92 Å².